The van der Waals surface area contributed by atoms with Crippen LogP contribution in [-0.4, -0.2) is 90.8 Å². The van der Waals surface area contributed by atoms with Crippen molar-refractivity contribution >= 4 is 46.0 Å². The SMILES string of the molecule is CC1(C)CCC/C=C/c2cccc3c2CN(C3)C(=O)O[C@@H]2C[C@H]3C(=O)NC(C(=O)NS(=O)(=O)C4CC4)C/C=C\CCCCC[C@H](NC(=O)OC1)C(=O)N3C2. The van der Waals surface area contributed by atoms with E-state index in [1.54, 1.807) is 11.0 Å². The maximum atomic E-state index is 14.4. The minimum absolute atomic E-state index is 0.0376. The van der Waals surface area contributed by atoms with Crippen molar-refractivity contribution in [3.05, 3.63) is 53.1 Å². The van der Waals surface area contributed by atoms with Crippen molar-refractivity contribution < 1.29 is 41.9 Å². The minimum Gasteiger partial charge on any atom is -0.449 e. The lowest BCUT2D eigenvalue weighted by molar-refractivity contribution is -0.141. The molecular weight excluding hydrogens is 715 g/mol. The van der Waals surface area contributed by atoms with Gasteiger partial charge in [0.2, 0.25) is 21.8 Å². The van der Waals surface area contributed by atoms with Crippen molar-refractivity contribution in [1.82, 2.24) is 25.2 Å². The zero-order valence-electron chi connectivity index (χ0n) is 31.2. The fourth-order valence-electron chi connectivity index (χ4n) is 7.52. The normalized spacial score (nSPS) is 28.6. The number of carbonyl (C=O) groups is 5. The Balaban J connectivity index is 1.28. The number of allylic oxidation sites excluding steroid dienone is 2. The molecule has 294 valence electrons. The molecule has 1 saturated heterocycles. The van der Waals surface area contributed by atoms with Crippen molar-refractivity contribution in [3.8, 4) is 0 Å². The summed E-state index contributed by atoms with van der Waals surface area (Å²) in [6.07, 6.45) is 12.1. The maximum Gasteiger partial charge on any atom is 0.410 e. The lowest BCUT2D eigenvalue weighted by Crippen LogP contribution is -2.56. The van der Waals surface area contributed by atoms with E-state index >= 15 is 0 Å². The zero-order valence-corrected chi connectivity index (χ0v) is 32.0. The first kappa shape index (κ1) is 39.3. The van der Waals surface area contributed by atoms with Crippen LogP contribution in [0.1, 0.15) is 108 Å². The topological polar surface area (TPSA) is 181 Å². The second-order valence-electron chi connectivity index (χ2n) is 15.9. The van der Waals surface area contributed by atoms with E-state index in [1.165, 1.54) is 4.90 Å². The van der Waals surface area contributed by atoms with Gasteiger partial charge in [-0.05, 0) is 79.9 Å². The molecule has 3 N–H and O–H groups in total. The molecule has 0 radical (unpaired) electrons. The fraction of sp³-hybridized carbons (Fsp3) is 0.615. The van der Waals surface area contributed by atoms with Gasteiger partial charge in [0.05, 0.1) is 24.9 Å². The van der Waals surface area contributed by atoms with Crippen molar-refractivity contribution in [2.75, 3.05) is 13.2 Å². The van der Waals surface area contributed by atoms with Gasteiger partial charge in [0.1, 0.15) is 24.2 Å². The molecule has 5 bridgehead atoms. The molecule has 2 fully saturated rings. The molecule has 0 aromatic heterocycles. The highest BCUT2D eigenvalue weighted by Gasteiger charge is 2.45. The van der Waals surface area contributed by atoms with Crippen molar-refractivity contribution in [1.29, 1.82) is 0 Å². The van der Waals surface area contributed by atoms with Gasteiger partial charge in [-0.3, -0.25) is 24.0 Å². The Bertz CT molecular complexity index is 1770. The molecule has 0 spiro atoms. The monoisotopic (exact) mass is 767 g/mol. The molecule has 5 aliphatic rings. The summed E-state index contributed by atoms with van der Waals surface area (Å²) in [6, 6.07) is 2.52. The number of sulfonamides is 1. The highest BCUT2D eigenvalue weighted by molar-refractivity contribution is 7.90. The summed E-state index contributed by atoms with van der Waals surface area (Å²) in [5, 5.41) is 4.81. The van der Waals surface area contributed by atoms with Crippen molar-refractivity contribution in [3.63, 3.8) is 0 Å². The summed E-state index contributed by atoms with van der Waals surface area (Å²) in [5.41, 5.74) is 2.75. The number of nitrogens with one attached hydrogen (secondary N) is 3. The predicted octanol–water partition coefficient (Wildman–Crippen LogP) is 4.43. The molecular formula is C39H53N5O9S. The lowest BCUT2D eigenvalue weighted by Gasteiger charge is -2.30. The van der Waals surface area contributed by atoms with Crippen LogP contribution < -0.4 is 15.4 Å². The minimum atomic E-state index is -3.89. The van der Waals surface area contributed by atoms with E-state index in [0.29, 0.717) is 45.2 Å². The molecule has 4 aliphatic heterocycles. The van der Waals surface area contributed by atoms with Crippen LogP contribution in [0.5, 0.6) is 0 Å². The Labute approximate surface area is 317 Å². The highest BCUT2D eigenvalue weighted by Crippen LogP contribution is 2.31. The van der Waals surface area contributed by atoms with Crippen LogP contribution in [-0.2, 0) is 47.0 Å². The number of nitrogens with zero attached hydrogens (tertiary/aromatic N) is 2. The maximum absolute atomic E-state index is 14.4. The second-order valence-corrected chi connectivity index (χ2v) is 17.9. The molecule has 4 atom stereocenters. The summed E-state index contributed by atoms with van der Waals surface area (Å²) in [7, 11) is -3.89. The Morgan fingerprint density at radius 3 is 2.54 bits per heavy atom. The molecule has 4 heterocycles. The molecule has 1 saturated carbocycles. The van der Waals surface area contributed by atoms with Gasteiger partial charge in [0.25, 0.3) is 5.91 Å². The Hall–Kier alpha value is -4.40. The summed E-state index contributed by atoms with van der Waals surface area (Å²) in [4.78, 5) is 71.6. The summed E-state index contributed by atoms with van der Waals surface area (Å²) in [6.45, 7) is 4.78. The predicted molar refractivity (Wildman–Crippen MR) is 200 cm³/mol. The summed E-state index contributed by atoms with van der Waals surface area (Å²) < 4.78 is 39.1. The number of alkyl carbamates (subject to hydrolysis) is 1. The van der Waals surface area contributed by atoms with Crippen LogP contribution in [0.15, 0.2) is 36.4 Å². The van der Waals surface area contributed by atoms with Gasteiger partial charge in [-0.2, -0.15) is 0 Å². The van der Waals surface area contributed by atoms with Crippen LogP contribution in [0.3, 0.4) is 0 Å². The van der Waals surface area contributed by atoms with Crippen LogP contribution in [0.2, 0.25) is 0 Å². The smallest absolute Gasteiger partial charge is 0.410 e. The molecule has 54 heavy (non-hydrogen) atoms. The third-order valence-corrected chi connectivity index (χ3v) is 12.7. The molecule has 1 aromatic carbocycles. The van der Waals surface area contributed by atoms with Crippen LogP contribution in [0.25, 0.3) is 6.08 Å². The van der Waals surface area contributed by atoms with Crippen LogP contribution >= 0.6 is 0 Å². The number of amides is 5. The number of cyclic esters (lactones) is 1. The van der Waals surface area contributed by atoms with Gasteiger partial charge in [-0.15, -0.1) is 0 Å². The Morgan fingerprint density at radius 1 is 0.944 bits per heavy atom. The van der Waals surface area contributed by atoms with Crippen molar-refractivity contribution in [2.45, 2.75) is 133 Å². The average Bonchev–Trinajstić information content (AvgIpc) is 3.77. The van der Waals surface area contributed by atoms with E-state index < -0.39 is 69.4 Å². The molecule has 1 aromatic rings. The van der Waals surface area contributed by atoms with Crippen LogP contribution in [0, 0.1) is 5.41 Å². The van der Waals surface area contributed by atoms with E-state index in [4.69, 9.17) is 9.47 Å². The lowest BCUT2D eigenvalue weighted by atomic mass is 9.88. The van der Waals surface area contributed by atoms with Gasteiger partial charge >= 0.3 is 12.2 Å². The second kappa shape index (κ2) is 17.0. The number of ether oxygens (including phenoxy) is 2. The average molecular weight is 768 g/mol. The number of hydrogen-bond donors (Lipinski definition) is 3. The van der Waals surface area contributed by atoms with Crippen molar-refractivity contribution in [2.24, 2.45) is 5.41 Å². The number of rotatable bonds is 3. The van der Waals surface area contributed by atoms with E-state index in [1.807, 2.05) is 38.1 Å². The van der Waals surface area contributed by atoms with E-state index in [9.17, 15) is 32.4 Å². The molecule has 15 heteroatoms. The molecule has 1 aliphatic carbocycles. The number of hydrogen-bond acceptors (Lipinski definition) is 9. The summed E-state index contributed by atoms with van der Waals surface area (Å²) >= 11 is 0. The van der Waals surface area contributed by atoms with E-state index in [0.717, 1.165) is 48.8 Å². The molecule has 14 nitrogen and oxygen atoms in total. The van der Waals surface area contributed by atoms with Gasteiger partial charge in [-0.25, -0.2) is 18.0 Å². The number of benzene rings is 1. The van der Waals surface area contributed by atoms with Gasteiger partial charge in [-0.1, -0.05) is 69.2 Å². The van der Waals surface area contributed by atoms with Gasteiger partial charge in [0.15, 0.2) is 0 Å². The Kier molecular flexibility index (Phi) is 12.3. The molecule has 5 amide bonds. The first-order valence-corrected chi connectivity index (χ1v) is 20.8. The van der Waals surface area contributed by atoms with Crippen LogP contribution in [0.4, 0.5) is 9.59 Å². The first-order chi connectivity index (χ1) is 25.8. The summed E-state index contributed by atoms with van der Waals surface area (Å²) in [5.74, 6) is -2.10. The molecule has 1 unspecified atom stereocenters. The first-order valence-electron chi connectivity index (χ1n) is 19.3. The molecule has 6 rings (SSSR count). The fourth-order valence-corrected chi connectivity index (χ4v) is 8.86. The van der Waals surface area contributed by atoms with E-state index in [-0.39, 0.29) is 31.4 Å². The number of carbonyl (C=O) groups excluding carboxylic acids is 5. The number of fused-ring (bicyclic) bond motifs is 3. The Morgan fingerprint density at radius 2 is 1.74 bits per heavy atom. The van der Waals surface area contributed by atoms with Gasteiger partial charge < -0.3 is 25.0 Å². The van der Waals surface area contributed by atoms with Gasteiger partial charge in [0, 0.05) is 13.0 Å². The largest absolute Gasteiger partial charge is 0.449 e. The zero-order chi connectivity index (χ0) is 38.5. The third kappa shape index (κ3) is 10.0. The highest BCUT2D eigenvalue weighted by atomic mass is 32.2. The standard InChI is InChI=1S/C39H53N5O9S/c1-39(2)20-11-7-8-13-26-14-12-15-27-22-43(24-30(26)27)38(49)53-28-21-33-35(46)40-31(34(45)42-54(50,51)29-18-19-29)16-9-5-3-4-6-10-17-32(36(47)44(33)23-28)41-37(48)52-25-39/h5,8-9,12-15,28-29,31-33H,3-4,6-7,10-11,16-25H2,1-2H3,(H,40,46)(H,41,48)(H,42,45)/b9-5-,13-8+/t28-,31?,32+,33+/m1/s1. The quantitative estimate of drug-likeness (QED) is 0.375. The van der Waals surface area contributed by atoms with E-state index in [2.05, 4.69) is 27.5 Å². The third-order valence-electron chi connectivity index (χ3n) is 10.8.